The molecule has 1 amide bonds. The normalized spacial score (nSPS) is 10.4. The molecular weight excluding hydrogens is 280 g/mol. The largest absolute Gasteiger partial charge is 0.325 e. The van der Waals surface area contributed by atoms with Gasteiger partial charge in [0.25, 0.3) is 11.5 Å². The number of amides is 1. The Labute approximate surface area is 128 Å². The molecule has 0 aliphatic carbocycles. The number of pyridine rings is 1. The van der Waals surface area contributed by atoms with Crippen molar-refractivity contribution >= 4 is 17.4 Å². The van der Waals surface area contributed by atoms with E-state index in [4.69, 9.17) is 0 Å². The van der Waals surface area contributed by atoms with Crippen LogP contribution < -0.4 is 10.9 Å². The van der Waals surface area contributed by atoms with Crippen LogP contribution in [0.15, 0.2) is 29.1 Å². The van der Waals surface area contributed by atoms with E-state index in [2.05, 4.69) is 10.3 Å². The van der Waals surface area contributed by atoms with Gasteiger partial charge in [-0.15, -0.1) is 0 Å². The maximum Gasteiger partial charge on any atom is 0.261 e. The van der Waals surface area contributed by atoms with Crippen LogP contribution in [0.4, 0.5) is 5.69 Å². The Balaban J connectivity index is 2.42. The monoisotopic (exact) mass is 298 g/mol. The van der Waals surface area contributed by atoms with Gasteiger partial charge in [-0.1, -0.05) is 12.1 Å². The van der Waals surface area contributed by atoms with Crippen molar-refractivity contribution in [2.24, 2.45) is 0 Å². The molecule has 1 aromatic carbocycles. The molecule has 0 atom stereocenters. The number of ketones is 1. The number of carbonyl (C=O) groups excluding carboxylic acids is 2. The van der Waals surface area contributed by atoms with Gasteiger partial charge in [0.05, 0.1) is 0 Å². The van der Waals surface area contributed by atoms with Crippen molar-refractivity contribution in [3.05, 3.63) is 62.6 Å². The van der Waals surface area contributed by atoms with Crippen LogP contribution in [0.3, 0.4) is 0 Å². The standard InChI is InChI=1S/C17H18N2O3/c1-9-6-5-7-15(10(9)2)19-17(22)14-8-13(12(4)20)11(3)18-16(14)21/h5-8H,1-4H3,(H,18,21)(H,19,22). The van der Waals surface area contributed by atoms with Crippen molar-refractivity contribution in [3.63, 3.8) is 0 Å². The van der Waals surface area contributed by atoms with E-state index < -0.39 is 11.5 Å². The van der Waals surface area contributed by atoms with Crippen molar-refractivity contribution < 1.29 is 9.59 Å². The van der Waals surface area contributed by atoms with Gasteiger partial charge in [-0.3, -0.25) is 14.4 Å². The molecule has 114 valence electrons. The summed E-state index contributed by atoms with van der Waals surface area (Å²) in [5, 5.41) is 2.72. The van der Waals surface area contributed by atoms with Gasteiger partial charge in [0.15, 0.2) is 5.78 Å². The van der Waals surface area contributed by atoms with Crippen LogP contribution in [0, 0.1) is 20.8 Å². The summed E-state index contributed by atoms with van der Waals surface area (Å²) >= 11 is 0. The van der Waals surface area contributed by atoms with Crippen LogP contribution in [0.5, 0.6) is 0 Å². The fraction of sp³-hybridized carbons (Fsp3) is 0.235. The second kappa shape index (κ2) is 5.97. The van der Waals surface area contributed by atoms with E-state index in [0.29, 0.717) is 16.9 Å². The number of aromatic nitrogens is 1. The minimum atomic E-state index is -0.530. The Morgan fingerprint density at radius 1 is 1.09 bits per heavy atom. The Kier molecular flexibility index (Phi) is 4.26. The van der Waals surface area contributed by atoms with E-state index in [9.17, 15) is 14.4 Å². The van der Waals surface area contributed by atoms with Gasteiger partial charge in [0.1, 0.15) is 5.56 Å². The quantitative estimate of drug-likeness (QED) is 0.855. The van der Waals surface area contributed by atoms with Gasteiger partial charge in [-0.2, -0.15) is 0 Å². The lowest BCUT2D eigenvalue weighted by Crippen LogP contribution is -2.25. The number of Topliss-reactive ketones (excluding diaryl/α,β-unsaturated/α-hetero) is 1. The van der Waals surface area contributed by atoms with Gasteiger partial charge in [-0.05, 0) is 51.0 Å². The van der Waals surface area contributed by atoms with Crippen LogP contribution in [-0.2, 0) is 0 Å². The zero-order chi connectivity index (χ0) is 16.4. The molecule has 0 fully saturated rings. The first-order valence-electron chi connectivity index (χ1n) is 6.93. The number of H-pyrrole nitrogens is 1. The molecular formula is C17H18N2O3. The van der Waals surface area contributed by atoms with E-state index in [0.717, 1.165) is 11.1 Å². The Bertz CT molecular complexity index is 819. The third-order valence-electron chi connectivity index (χ3n) is 3.72. The van der Waals surface area contributed by atoms with E-state index in [1.54, 1.807) is 13.0 Å². The maximum atomic E-state index is 12.3. The Morgan fingerprint density at radius 3 is 2.41 bits per heavy atom. The molecule has 2 N–H and O–H groups in total. The molecule has 0 saturated carbocycles. The molecule has 5 heteroatoms. The van der Waals surface area contributed by atoms with Gasteiger partial charge in [0, 0.05) is 16.9 Å². The highest BCUT2D eigenvalue weighted by molar-refractivity contribution is 6.06. The SMILES string of the molecule is CC(=O)c1cc(C(=O)Nc2cccc(C)c2C)c(=O)[nH]c1C. The molecule has 2 rings (SSSR count). The summed E-state index contributed by atoms with van der Waals surface area (Å²) < 4.78 is 0. The summed E-state index contributed by atoms with van der Waals surface area (Å²) in [5.41, 5.74) is 2.84. The molecule has 1 aromatic heterocycles. The predicted octanol–water partition coefficient (Wildman–Crippen LogP) is 2.76. The third-order valence-corrected chi connectivity index (χ3v) is 3.72. The molecule has 0 aliphatic heterocycles. The summed E-state index contributed by atoms with van der Waals surface area (Å²) in [6.45, 7) is 6.86. The second-order valence-electron chi connectivity index (χ2n) is 5.31. The van der Waals surface area contributed by atoms with Crippen molar-refractivity contribution in [1.82, 2.24) is 4.98 Å². The Morgan fingerprint density at radius 2 is 1.77 bits per heavy atom. The number of hydrogen-bond donors (Lipinski definition) is 2. The van der Waals surface area contributed by atoms with Crippen LogP contribution >= 0.6 is 0 Å². The minimum absolute atomic E-state index is 0.0725. The summed E-state index contributed by atoms with van der Waals surface area (Å²) in [5.74, 6) is -0.730. The van der Waals surface area contributed by atoms with E-state index in [1.807, 2.05) is 26.0 Å². The highest BCUT2D eigenvalue weighted by atomic mass is 16.2. The number of carbonyl (C=O) groups is 2. The van der Waals surface area contributed by atoms with Crippen LogP contribution in [0.2, 0.25) is 0 Å². The third kappa shape index (κ3) is 2.98. The van der Waals surface area contributed by atoms with E-state index in [-0.39, 0.29) is 11.3 Å². The number of anilines is 1. The molecule has 0 spiro atoms. The molecule has 0 bridgehead atoms. The van der Waals surface area contributed by atoms with Crippen molar-refractivity contribution in [2.45, 2.75) is 27.7 Å². The lowest BCUT2D eigenvalue weighted by molar-refractivity contribution is 0.101. The number of hydrogen-bond acceptors (Lipinski definition) is 3. The number of rotatable bonds is 3. The van der Waals surface area contributed by atoms with Crippen molar-refractivity contribution in [3.8, 4) is 0 Å². The first kappa shape index (κ1) is 15.7. The van der Waals surface area contributed by atoms with Crippen LogP contribution in [-0.4, -0.2) is 16.7 Å². The maximum absolute atomic E-state index is 12.3. The van der Waals surface area contributed by atoms with E-state index in [1.165, 1.54) is 13.0 Å². The number of nitrogens with one attached hydrogen (secondary N) is 2. The molecule has 1 heterocycles. The molecule has 22 heavy (non-hydrogen) atoms. The summed E-state index contributed by atoms with van der Waals surface area (Å²) in [6.07, 6.45) is 0. The van der Waals surface area contributed by atoms with Crippen molar-refractivity contribution in [2.75, 3.05) is 5.32 Å². The topological polar surface area (TPSA) is 79.0 Å². The zero-order valence-corrected chi connectivity index (χ0v) is 13.0. The first-order chi connectivity index (χ1) is 10.3. The van der Waals surface area contributed by atoms with Gasteiger partial charge in [0.2, 0.25) is 0 Å². The summed E-state index contributed by atoms with van der Waals surface area (Å²) in [6, 6.07) is 6.89. The molecule has 2 aromatic rings. The summed E-state index contributed by atoms with van der Waals surface area (Å²) in [7, 11) is 0. The summed E-state index contributed by atoms with van der Waals surface area (Å²) in [4.78, 5) is 38.4. The zero-order valence-electron chi connectivity index (χ0n) is 13.0. The Hall–Kier alpha value is -2.69. The lowest BCUT2D eigenvalue weighted by Gasteiger charge is -2.11. The molecule has 0 aliphatic rings. The molecule has 0 unspecified atom stereocenters. The van der Waals surface area contributed by atoms with Gasteiger partial charge in [-0.25, -0.2) is 0 Å². The fourth-order valence-electron chi connectivity index (χ4n) is 2.23. The second-order valence-corrected chi connectivity index (χ2v) is 5.31. The average Bonchev–Trinajstić information content (AvgIpc) is 2.43. The smallest absolute Gasteiger partial charge is 0.261 e. The lowest BCUT2D eigenvalue weighted by atomic mass is 10.1. The van der Waals surface area contributed by atoms with Gasteiger partial charge >= 0.3 is 0 Å². The molecule has 5 nitrogen and oxygen atoms in total. The van der Waals surface area contributed by atoms with Crippen LogP contribution in [0.1, 0.15) is 44.5 Å². The van der Waals surface area contributed by atoms with Crippen molar-refractivity contribution in [1.29, 1.82) is 0 Å². The number of aryl methyl sites for hydroxylation is 2. The van der Waals surface area contributed by atoms with E-state index >= 15 is 0 Å². The number of benzene rings is 1. The number of aromatic amines is 1. The van der Waals surface area contributed by atoms with Gasteiger partial charge < -0.3 is 10.3 Å². The fourth-order valence-corrected chi connectivity index (χ4v) is 2.23. The molecule has 0 radical (unpaired) electrons. The van der Waals surface area contributed by atoms with Crippen LogP contribution in [0.25, 0.3) is 0 Å². The first-order valence-corrected chi connectivity index (χ1v) is 6.93. The average molecular weight is 298 g/mol. The predicted molar refractivity (Wildman–Crippen MR) is 85.7 cm³/mol. The highest BCUT2D eigenvalue weighted by Gasteiger charge is 2.16. The highest BCUT2D eigenvalue weighted by Crippen LogP contribution is 2.18. The minimum Gasteiger partial charge on any atom is -0.325 e. The molecule has 0 saturated heterocycles.